The molecule has 0 aliphatic carbocycles. The van der Waals surface area contributed by atoms with Gasteiger partial charge in [-0.1, -0.05) is 0 Å². The number of carboxylic acid groups (broad SMARTS) is 1. The highest BCUT2D eigenvalue weighted by molar-refractivity contribution is 9.11. The van der Waals surface area contributed by atoms with Gasteiger partial charge in [-0.05, 0) is 35.0 Å². The predicted octanol–water partition coefficient (Wildman–Crippen LogP) is 2.92. The summed E-state index contributed by atoms with van der Waals surface area (Å²) < 4.78 is 1.04. The first-order chi connectivity index (χ1) is 8.56. The third kappa shape index (κ3) is 3.05. The van der Waals surface area contributed by atoms with Gasteiger partial charge in [-0.2, -0.15) is 0 Å². The Labute approximate surface area is 116 Å². The van der Waals surface area contributed by atoms with Crippen LogP contribution in [0.5, 0.6) is 0 Å². The number of hydrogen-bond donors (Lipinski definition) is 2. The molecule has 0 radical (unpaired) electrons. The maximum Gasteiger partial charge on any atom is 0.341 e. The van der Waals surface area contributed by atoms with Crippen molar-refractivity contribution in [2.75, 3.05) is 5.32 Å². The van der Waals surface area contributed by atoms with Crippen molar-refractivity contribution < 1.29 is 9.90 Å². The van der Waals surface area contributed by atoms with Gasteiger partial charge in [0.15, 0.2) is 0 Å². The minimum atomic E-state index is -1.04. The third-order valence-corrected chi connectivity index (χ3v) is 3.82. The molecule has 18 heavy (non-hydrogen) atoms. The van der Waals surface area contributed by atoms with Crippen LogP contribution in [0.3, 0.4) is 0 Å². The maximum atomic E-state index is 11.0. The molecule has 0 amide bonds. The van der Waals surface area contributed by atoms with E-state index in [1.54, 1.807) is 18.3 Å². The lowest BCUT2D eigenvalue weighted by molar-refractivity contribution is 0.0697. The monoisotopic (exact) mass is 327 g/mol. The number of aryl methyl sites for hydroxylation is 1. The van der Waals surface area contributed by atoms with Gasteiger partial charge in [-0.25, -0.2) is 14.8 Å². The molecule has 0 saturated carbocycles. The second-order valence-electron chi connectivity index (χ2n) is 3.54. The molecular formula is C11H10BrN3O2S. The van der Waals surface area contributed by atoms with E-state index in [0.717, 1.165) is 8.66 Å². The van der Waals surface area contributed by atoms with Crippen LogP contribution in [0.2, 0.25) is 0 Å². The Kier molecular flexibility index (Phi) is 3.93. The number of rotatable bonds is 4. The third-order valence-electron chi connectivity index (χ3n) is 2.20. The Balaban J connectivity index is 2.17. The Morgan fingerprint density at radius 1 is 1.56 bits per heavy atom. The molecule has 0 fully saturated rings. The largest absolute Gasteiger partial charge is 0.477 e. The lowest BCUT2D eigenvalue weighted by atomic mass is 10.3. The molecule has 2 N–H and O–H groups in total. The average molecular weight is 328 g/mol. The number of aromatic nitrogens is 2. The van der Waals surface area contributed by atoms with Crippen molar-refractivity contribution in [1.29, 1.82) is 0 Å². The van der Waals surface area contributed by atoms with E-state index in [2.05, 4.69) is 31.2 Å². The number of thiophene rings is 1. The summed E-state index contributed by atoms with van der Waals surface area (Å²) in [5, 5.41) is 12.1. The Bertz CT molecular complexity index is 585. The highest BCUT2D eigenvalue weighted by Gasteiger charge is 2.12. The number of nitrogens with zero attached hydrogens (tertiary/aromatic N) is 2. The first-order valence-corrected chi connectivity index (χ1v) is 6.72. The zero-order chi connectivity index (χ0) is 13.1. The summed E-state index contributed by atoms with van der Waals surface area (Å²) >= 11 is 4.97. The van der Waals surface area contributed by atoms with Crippen molar-refractivity contribution in [1.82, 2.24) is 9.97 Å². The molecule has 0 bridgehead atoms. The SMILES string of the molecule is Cc1ncc(C(=O)O)c(NCc2ccc(Br)s2)n1. The van der Waals surface area contributed by atoms with Gasteiger partial charge in [0.05, 0.1) is 10.3 Å². The Hall–Kier alpha value is -1.47. The predicted molar refractivity (Wildman–Crippen MR) is 73.1 cm³/mol. The number of carboxylic acids is 1. The van der Waals surface area contributed by atoms with E-state index in [0.29, 0.717) is 18.2 Å². The number of carbonyl (C=O) groups is 1. The Morgan fingerprint density at radius 3 is 2.94 bits per heavy atom. The second-order valence-corrected chi connectivity index (χ2v) is 6.09. The number of anilines is 1. The zero-order valence-electron chi connectivity index (χ0n) is 9.48. The van der Waals surface area contributed by atoms with E-state index in [1.165, 1.54) is 6.20 Å². The van der Waals surface area contributed by atoms with Gasteiger partial charge >= 0.3 is 5.97 Å². The summed E-state index contributed by atoms with van der Waals surface area (Å²) in [5.41, 5.74) is 0.0798. The molecule has 2 aromatic heterocycles. The smallest absolute Gasteiger partial charge is 0.341 e. The average Bonchev–Trinajstić information content (AvgIpc) is 2.72. The Morgan fingerprint density at radius 2 is 2.33 bits per heavy atom. The normalized spacial score (nSPS) is 10.3. The fourth-order valence-corrected chi connectivity index (χ4v) is 2.80. The topological polar surface area (TPSA) is 75.1 Å². The van der Waals surface area contributed by atoms with Gasteiger partial charge in [-0.3, -0.25) is 0 Å². The molecular weight excluding hydrogens is 318 g/mol. The van der Waals surface area contributed by atoms with Gasteiger partial charge in [0.25, 0.3) is 0 Å². The van der Waals surface area contributed by atoms with Gasteiger partial charge < -0.3 is 10.4 Å². The molecule has 2 rings (SSSR count). The van der Waals surface area contributed by atoms with E-state index >= 15 is 0 Å². The van der Waals surface area contributed by atoms with Crippen LogP contribution in [0.4, 0.5) is 5.82 Å². The fraction of sp³-hybridized carbons (Fsp3) is 0.182. The van der Waals surface area contributed by atoms with Crippen molar-refractivity contribution >= 4 is 39.1 Å². The number of nitrogens with one attached hydrogen (secondary N) is 1. The van der Waals surface area contributed by atoms with Crippen molar-refractivity contribution in [2.45, 2.75) is 13.5 Å². The molecule has 7 heteroatoms. The molecule has 0 aliphatic heterocycles. The highest BCUT2D eigenvalue weighted by Crippen LogP contribution is 2.23. The molecule has 2 heterocycles. The van der Waals surface area contributed by atoms with Crippen molar-refractivity contribution in [3.05, 3.63) is 38.4 Å². The lowest BCUT2D eigenvalue weighted by Crippen LogP contribution is -2.09. The molecule has 2 aromatic rings. The van der Waals surface area contributed by atoms with Crippen LogP contribution in [0, 0.1) is 6.92 Å². The standard InChI is InChI=1S/C11H10BrN3O2S/c1-6-13-5-8(11(16)17)10(15-6)14-4-7-2-3-9(12)18-7/h2-3,5H,4H2,1H3,(H,16,17)(H,13,14,15). The quantitative estimate of drug-likeness (QED) is 0.903. The van der Waals surface area contributed by atoms with Crippen LogP contribution in [0.25, 0.3) is 0 Å². The first kappa shape index (κ1) is 13.0. The molecule has 94 valence electrons. The molecule has 0 saturated heterocycles. The number of hydrogen-bond acceptors (Lipinski definition) is 5. The van der Waals surface area contributed by atoms with Crippen LogP contribution in [0.15, 0.2) is 22.1 Å². The van der Waals surface area contributed by atoms with Crippen LogP contribution < -0.4 is 5.32 Å². The van der Waals surface area contributed by atoms with Crippen LogP contribution in [0.1, 0.15) is 21.1 Å². The minimum Gasteiger partial charge on any atom is -0.477 e. The zero-order valence-corrected chi connectivity index (χ0v) is 11.9. The fourth-order valence-electron chi connectivity index (χ4n) is 1.38. The summed E-state index contributed by atoms with van der Waals surface area (Å²) in [6.45, 7) is 2.26. The van der Waals surface area contributed by atoms with E-state index in [-0.39, 0.29) is 5.56 Å². The van der Waals surface area contributed by atoms with Crippen LogP contribution in [-0.4, -0.2) is 21.0 Å². The van der Waals surface area contributed by atoms with Gasteiger partial charge in [0.2, 0.25) is 0 Å². The van der Waals surface area contributed by atoms with E-state index in [9.17, 15) is 4.79 Å². The van der Waals surface area contributed by atoms with Crippen molar-refractivity contribution in [3.63, 3.8) is 0 Å². The highest BCUT2D eigenvalue weighted by atomic mass is 79.9. The maximum absolute atomic E-state index is 11.0. The summed E-state index contributed by atoms with van der Waals surface area (Å²) in [6, 6.07) is 3.92. The second kappa shape index (κ2) is 5.45. The van der Waals surface area contributed by atoms with Gasteiger partial charge in [-0.15, -0.1) is 11.3 Å². The van der Waals surface area contributed by atoms with Crippen molar-refractivity contribution in [2.24, 2.45) is 0 Å². The first-order valence-electron chi connectivity index (χ1n) is 5.11. The van der Waals surface area contributed by atoms with Crippen LogP contribution >= 0.6 is 27.3 Å². The van der Waals surface area contributed by atoms with E-state index in [1.807, 2.05) is 12.1 Å². The molecule has 0 aliphatic rings. The van der Waals surface area contributed by atoms with Gasteiger partial charge in [0, 0.05) is 11.1 Å². The number of halogens is 1. The molecule has 0 unspecified atom stereocenters. The molecule has 0 aromatic carbocycles. The van der Waals surface area contributed by atoms with Crippen LogP contribution in [-0.2, 0) is 6.54 Å². The minimum absolute atomic E-state index is 0.0798. The number of aromatic carboxylic acids is 1. The van der Waals surface area contributed by atoms with E-state index in [4.69, 9.17) is 5.11 Å². The summed E-state index contributed by atoms with van der Waals surface area (Å²) in [6.07, 6.45) is 1.32. The molecule has 0 atom stereocenters. The summed E-state index contributed by atoms with van der Waals surface area (Å²) in [7, 11) is 0. The summed E-state index contributed by atoms with van der Waals surface area (Å²) in [5.74, 6) is -0.153. The molecule has 5 nitrogen and oxygen atoms in total. The van der Waals surface area contributed by atoms with Crippen molar-refractivity contribution in [3.8, 4) is 0 Å². The van der Waals surface area contributed by atoms with Gasteiger partial charge in [0.1, 0.15) is 17.2 Å². The summed E-state index contributed by atoms with van der Waals surface area (Å²) in [4.78, 5) is 20.1. The molecule has 0 spiro atoms. The van der Waals surface area contributed by atoms with E-state index < -0.39 is 5.97 Å². The lowest BCUT2D eigenvalue weighted by Gasteiger charge is -2.07.